The van der Waals surface area contributed by atoms with E-state index in [1.807, 2.05) is 13.0 Å². The van der Waals surface area contributed by atoms with Crippen LogP contribution in [0.25, 0.3) is 11.0 Å². The predicted molar refractivity (Wildman–Crippen MR) is 52.6 cm³/mol. The molecule has 0 aliphatic carbocycles. The molecule has 0 fully saturated rings. The van der Waals surface area contributed by atoms with Crippen LogP contribution in [-0.4, -0.2) is 11.1 Å². The Bertz CT molecular complexity index is 482. The van der Waals surface area contributed by atoms with Crippen molar-refractivity contribution in [3.05, 3.63) is 35.6 Å². The van der Waals surface area contributed by atoms with Gasteiger partial charge in [-0.15, -0.1) is 0 Å². The first-order valence-corrected chi connectivity index (χ1v) is 4.46. The van der Waals surface area contributed by atoms with Crippen molar-refractivity contribution in [2.45, 2.75) is 13.3 Å². The highest BCUT2D eigenvalue weighted by molar-refractivity contribution is 5.93. The standard InChI is InChI=1S/C11H10O3/c1-2-9-6-8-5-7(11(12)13)3-4-10(8)14-9/h3-6H,2H2,1H3,(H,12,13). The van der Waals surface area contributed by atoms with Crippen LogP contribution in [0, 0.1) is 0 Å². The molecular weight excluding hydrogens is 180 g/mol. The molecule has 3 nitrogen and oxygen atoms in total. The minimum atomic E-state index is -0.911. The molecule has 0 unspecified atom stereocenters. The summed E-state index contributed by atoms with van der Waals surface area (Å²) in [6, 6.07) is 6.74. The van der Waals surface area contributed by atoms with E-state index >= 15 is 0 Å². The third-order valence-electron chi connectivity index (χ3n) is 2.16. The first-order valence-electron chi connectivity index (χ1n) is 4.46. The molecule has 0 aliphatic rings. The first-order chi connectivity index (χ1) is 6.70. The predicted octanol–water partition coefficient (Wildman–Crippen LogP) is 2.69. The molecule has 0 radical (unpaired) electrons. The van der Waals surface area contributed by atoms with Crippen molar-refractivity contribution < 1.29 is 14.3 Å². The number of fused-ring (bicyclic) bond motifs is 1. The van der Waals surface area contributed by atoms with Gasteiger partial charge in [-0.3, -0.25) is 0 Å². The van der Waals surface area contributed by atoms with Crippen molar-refractivity contribution in [2.24, 2.45) is 0 Å². The number of aromatic carboxylic acids is 1. The van der Waals surface area contributed by atoms with E-state index in [2.05, 4.69) is 0 Å². The molecule has 1 N–H and O–H groups in total. The number of benzene rings is 1. The molecular formula is C11H10O3. The summed E-state index contributed by atoms with van der Waals surface area (Å²) in [5, 5.41) is 9.63. The van der Waals surface area contributed by atoms with Crippen LogP contribution in [0.5, 0.6) is 0 Å². The maximum Gasteiger partial charge on any atom is 0.335 e. The van der Waals surface area contributed by atoms with Crippen molar-refractivity contribution >= 4 is 16.9 Å². The Labute approximate surface area is 81.0 Å². The zero-order chi connectivity index (χ0) is 10.1. The lowest BCUT2D eigenvalue weighted by Crippen LogP contribution is -1.94. The minimum absolute atomic E-state index is 0.293. The fraction of sp³-hybridized carbons (Fsp3) is 0.182. The van der Waals surface area contributed by atoms with E-state index in [4.69, 9.17) is 9.52 Å². The highest BCUT2D eigenvalue weighted by Crippen LogP contribution is 2.20. The molecule has 1 heterocycles. The Hall–Kier alpha value is -1.77. The van der Waals surface area contributed by atoms with Crippen LogP contribution in [0.15, 0.2) is 28.7 Å². The van der Waals surface area contributed by atoms with Crippen LogP contribution in [0.1, 0.15) is 23.0 Å². The Balaban J connectivity index is 2.59. The van der Waals surface area contributed by atoms with Gasteiger partial charge in [-0.05, 0) is 24.3 Å². The van der Waals surface area contributed by atoms with Gasteiger partial charge in [0.25, 0.3) is 0 Å². The number of carboxylic acid groups (broad SMARTS) is 1. The topological polar surface area (TPSA) is 50.4 Å². The normalized spacial score (nSPS) is 10.6. The molecule has 0 atom stereocenters. The monoisotopic (exact) mass is 190 g/mol. The number of carboxylic acids is 1. The summed E-state index contributed by atoms with van der Waals surface area (Å²) in [6.45, 7) is 2.00. The van der Waals surface area contributed by atoms with Crippen LogP contribution in [-0.2, 0) is 6.42 Å². The SMILES string of the molecule is CCc1cc2cc(C(=O)O)ccc2o1. The summed E-state index contributed by atoms with van der Waals surface area (Å²) >= 11 is 0. The van der Waals surface area contributed by atoms with Gasteiger partial charge in [0.15, 0.2) is 0 Å². The minimum Gasteiger partial charge on any atom is -0.478 e. The lowest BCUT2D eigenvalue weighted by molar-refractivity contribution is 0.0697. The number of rotatable bonds is 2. The van der Waals surface area contributed by atoms with Crippen molar-refractivity contribution in [3.63, 3.8) is 0 Å². The summed E-state index contributed by atoms with van der Waals surface area (Å²) in [6.07, 6.45) is 0.817. The molecule has 1 aromatic carbocycles. The van der Waals surface area contributed by atoms with Crippen LogP contribution >= 0.6 is 0 Å². The second-order valence-electron chi connectivity index (χ2n) is 3.12. The lowest BCUT2D eigenvalue weighted by atomic mass is 10.1. The lowest BCUT2D eigenvalue weighted by Gasteiger charge is -1.92. The highest BCUT2D eigenvalue weighted by atomic mass is 16.4. The van der Waals surface area contributed by atoms with E-state index in [0.29, 0.717) is 5.56 Å². The number of hydrogen-bond acceptors (Lipinski definition) is 2. The third kappa shape index (κ3) is 1.37. The smallest absolute Gasteiger partial charge is 0.335 e. The van der Waals surface area contributed by atoms with Crippen LogP contribution in [0.4, 0.5) is 0 Å². The maximum absolute atomic E-state index is 10.7. The molecule has 3 heteroatoms. The number of aryl methyl sites for hydroxylation is 1. The average molecular weight is 190 g/mol. The van der Waals surface area contributed by atoms with Gasteiger partial charge in [-0.1, -0.05) is 6.92 Å². The van der Waals surface area contributed by atoms with Gasteiger partial charge >= 0.3 is 5.97 Å². The number of carbonyl (C=O) groups is 1. The fourth-order valence-electron chi connectivity index (χ4n) is 1.41. The van der Waals surface area contributed by atoms with Gasteiger partial charge in [0, 0.05) is 11.8 Å². The zero-order valence-electron chi connectivity index (χ0n) is 7.78. The van der Waals surface area contributed by atoms with Crippen molar-refractivity contribution in [1.29, 1.82) is 0 Å². The van der Waals surface area contributed by atoms with E-state index in [1.165, 1.54) is 0 Å². The largest absolute Gasteiger partial charge is 0.478 e. The summed E-state index contributed by atoms with van der Waals surface area (Å²) in [7, 11) is 0. The van der Waals surface area contributed by atoms with Gasteiger partial charge in [-0.25, -0.2) is 4.79 Å². The van der Waals surface area contributed by atoms with Crippen LogP contribution in [0.2, 0.25) is 0 Å². The molecule has 2 rings (SSSR count). The van der Waals surface area contributed by atoms with Gasteiger partial charge < -0.3 is 9.52 Å². The summed E-state index contributed by atoms with van der Waals surface area (Å²) in [4.78, 5) is 10.7. The molecule has 1 aromatic heterocycles. The number of hydrogen-bond donors (Lipinski definition) is 1. The van der Waals surface area contributed by atoms with Crippen LogP contribution in [0.3, 0.4) is 0 Å². The van der Waals surface area contributed by atoms with Crippen molar-refractivity contribution in [2.75, 3.05) is 0 Å². The molecule has 0 bridgehead atoms. The van der Waals surface area contributed by atoms with E-state index < -0.39 is 5.97 Å². The molecule has 0 aliphatic heterocycles. The molecule has 0 saturated heterocycles. The maximum atomic E-state index is 10.7. The van der Waals surface area contributed by atoms with E-state index in [9.17, 15) is 4.79 Å². The van der Waals surface area contributed by atoms with E-state index in [0.717, 1.165) is 23.2 Å². The molecule has 72 valence electrons. The van der Waals surface area contributed by atoms with Gasteiger partial charge in [0.2, 0.25) is 0 Å². The number of furan rings is 1. The first kappa shape index (κ1) is 8.81. The van der Waals surface area contributed by atoms with E-state index in [-0.39, 0.29) is 0 Å². The fourth-order valence-corrected chi connectivity index (χ4v) is 1.41. The Kier molecular flexibility index (Phi) is 2.00. The van der Waals surface area contributed by atoms with Gasteiger partial charge in [-0.2, -0.15) is 0 Å². The molecule has 2 aromatic rings. The quantitative estimate of drug-likeness (QED) is 0.792. The Morgan fingerprint density at radius 3 is 2.86 bits per heavy atom. The highest BCUT2D eigenvalue weighted by Gasteiger charge is 2.06. The zero-order valence-corrected chi connectivity index (χ0v) is 7.78. The third-order valence-corrected chi connectivity index (χ3v) is 2.16. The second kappa shape index (κ2) is 3.18. The molecule has 14 heavy (non-hydrogen) atoms. The summed E-state index contributed by atoms with van der Waals surface area (Å²) < 4.78 is 5.46. The molecule has 0 amide bonds. The van der Waals surface area contributed by atoms with E-state index in [1.54, 1.807) is 18.2 Å². The summed E-state index contributed by atoms with van der Waals surface area (Å²) in [5.74, 6) is -0.0336. The van der Waals surface area contributed by atoms with Crippen molar-refractivity contribution in [1.82, 2.24) is 0 Å². The summed E-state index contributed by atoms with van der Waals surface area (Å²) in [5.41, 5.74) is 1.04. The molecule has 0 saturated carbocycles. The molecule has 0 spiro atoms. The van der Waals surface area contributed by atoms with Crippen molar-refractivity contribution in [3.8, 4) is 0 Å². The second-order valence-corrected chi connectivity index (χ2v) is 3.12. The van der Waals surface area contributed by atoms with Gasteiger partial charge in [0.1, 0.15) is 11.3 Å². The van der Waals surface area contributed by atoms with Gasteiger partial charge in [0.05, 0.1) is 5.56 Å². The average Bonchev–Trinajstić information content (AvgIpc) is 2.58. The Morgan fingerprint density at radius 1 is 1.43 bits per heavy atom. The van der Waals surface area contributed by atoms with Crippen LogP contribution < -0.4 is 0 Å². The Morgan fingerprint density at radius 2 is 2.21 bits per heavy atom.